The average molecular weight is 352 g/mol. The van der Waals surface area contributed by atoms with E-state index in [1.54, 1.807) is 43.6 Å². The van der Waals surface area contributed by atoms with Crippen LogP contribution in [0.15, 0.2) is 48.8 Å². The summed E-state index contributed by atoms with van der Waals surface area (Å²) in [7, 11) is 1.63. The Balaban J connectivity index is 1.72. The van der Waals surface area contributed by atoms with Crippen LogP contribution in [0.3, 0.4) is 0 Å². The number of rotatable bonds is 5. The van der Waals surface area contributed by atoms with Gasteiger partial charge in [-0.05, 0) is 25.0 Å². The van der Waals surface area contributed by atoms with Gasteiger partial charge in [-0.25, -0.2) is 19.1 Å². The van der Waals surface area contributed by atoms with Crippen LogP contribution >= 0.6 is 0 Å². The van der Waals surface area contributed by atoms with Crippen molar-refractivity contribution in [3.05, 3.63) is 65.6 Å². The highest BCUT2D eigenvalue weighted by atomic mass is 16.7. The van der Waals surface area contributed by atoms with Crippen molar-refractivity contribution >= 4 is 17.6 Å². The first-order valence-corrected chi connectivity index (χ1v) is 8.11. The minimum Gasteiger partial charge on any atom is -0.478 e. The summed E-state index contributed by atoms with van der Waals surface area (Å²) >= 11 is 0. The van der Waals surface area contributed by atoms with Gasteiger partial charge in [0.2, 0.25) is 0 Å². The van der Waals surface area contributed by atoms with E-state index in [0.29, 0.717) is 29.7 Å². The van der Waals surface area contributed by atoms with Crippen molar-refractivity contribution in [1.29, 1.82) is 0 Å². The van der Waals surface area contributed by atoms with Gasteiger partial charge in [0.05, 0.1) is 23.0 Å². The van der Waals surface area contributed by atoms with Crippen LogP contribution in [0.4, 0.5) is 0 Å². The van der Waals surface area contributed by atoms with Crippen LogP contribution in [-0.2, 0) is 10.4 Å². The Morgan fingerprint density at radius 3 is 2.62 bits per heavy atom. The molecule has 132 valence electrons. The molecule has 0 saturated heterocycles. The number of nitrogens with zero attached hydrogens (tertiary/aromatic N) is 4. The number of aromatic carboxylic acids is 1. The van der Waals surface area contributed by atoms with E-state index in [2.05, 4.69) is 10.1 Å². The first kappa shape index (κ1) is 16.2. The molecule has 1 aliphatic rings. The number of benzene rings is 1. The lowest BCUT2D eigenvalue weighted by Gasteiger charge is -2.28. The van der Waals surface area contributed by atoms with Crippen LogP contribution in [0.5, 0.6) is 0 Å². The highest BCUT2D eigenvalue weighted by molar-refractivity contribution is 5.90. The van der Waals surface area contributed by atoms with Gasteiger partial charge >= 0.3 is 11.9 Å². The second kappa shape index (κ2) is 5.92. The molecule has 1 fully saturated rings. The minimum absolute atomic E-state index is 0.0429. The molecule has 1 saturated carbocycles. The zero-order chi connectivity index (χ0) is 18.3. The summed E-state index contributed by atoms with van der Waals surface area (Å²) in [6.07, 6.45) is 4.17. The van der Waals surface area contributed by atoms with E-state index >= 15 is 0 Å². The van der Waals surface area contributed by atoms with E-state index in [-0.39, 0.29) is 5.56 Å². The summed E-state index contributed by atoms with van der Waals surface area (Å²) in [5.41, 5.74) is 0.724. The number of hydrogen-bond donors (Lipinski definition) is 1. The van der Waals surface area contributed by atoms with Crippen molar-refractivity contribution in [3.8, 4) is 0 Å². The Morgan fingerprint density at radius 2 is 1.96 bits per heavy atom. The van der Waals surface area contributed by atoms with Gasteiger partial charge in [0.1, 0.15) is 5.56 Å². The summed E-state index contributed by atoms with van der Waals surface area (Å²) in [5, 5.41) is 15.2. The second-order valence-corrected chi connectivity index (χ2v) is 6.20. The van der Waals surface area contributed by atoms with Crippen LogP contribution in [0.2, 0.25) is 0 Å². The molecule has 2 aromatic heterocycles. The molecule has 2 heterocycles. The summed E-state index contributed by atoms with van der Waals surface area (Å²) in [5.74, 6) is -1.60. The molecule has 0 radical (unpaired) electrons. The lowest BCUT2D eigenvalue weighted by atomic mass is 10.1. The Bertz CT molecular complexity index is 995. The molecule has 0 aliphatic heterocycles. The maximum atomic E-state index is 12.4. The van der Waals surface area contributed by atoms with Crippen LogP contribution in [0, 0.1) is 0 Å². The van der Waals surface area contributed by atoms with Crippen molar-refractivity contribution in [2.45, 2.75) is 18.4 Å². The van der Waals surface area contributed by atoms with E-state index in [0.717, 1.165) is 0 Å². The van der Waals surface area contributed by atoms with Crippen molar-refractivity contribution in [3.63, 3.8) is 0 Å². The second-order valence-electron chi connectivity index (χ2n) is 6.20. The predicted molar refractivity (Wildman–Crippen MR) is 90.5 cm³/mol. The van der Waals surface area contributed by atoms with E-state index in [4.69, 9.17) is 4.84 Å². The molecular formula is C18H16N4O4. The largest absolute Gasteiger partial charge is 0.478 e. The van der Waals surface area contributed by atoms with Crippen molar-refractivity contribution < 1.29 is 19.5 Å². The van der Waals surface area contributed by atoms with Gasteiger partial charge in [0, 0.05) is 19.3 Å². The quantitative estimate of drug-likeness (QED) is 0.703. The lowest BCUT2D eigenvalue weighted by Crippen LogP contribution is -2.37. The van der Waals surface area contributed by atoms with Gasteiger partial charge in [-0.15, -0.1) is 5.06 Å². The third-order valence-corrected chi connectivity index (χ3v) is 4.64. The topological polar surface area (TPSA) is 97.0 Å². The van der Waals surface area contributed by atoms with Crippen LogP contribution in [-0.4, -0.2) is 43.8 Å². The van der Waals surface area contributed by atoms with Gasteiger partial charge in [-0.3, -0.25) is 0 Å². The minimum atomic E-state index is -1.10. The predicted octanol–water partition coefficient (Wildman–Crippen LogP) is 2.12. The Kier molecular flexibility index (Phi) is 3.69. The molecule has 0 amide bonds. The molecule has 1 N–H and O–H groups in total. The molecule has 4 rings (SSSR count). The first-order chi connectivity index (χ1) is 12.5. The molecule has 26 heavy (non-hydrogen) atoms. The number of carbonyl (C=O) groups is 2. The zero-order valence-corrected chi connectivity index (χ0v) is 14.0. The zero-order valence-electron chi connectivity index (χ0n) is 14.0. The maximum absolute atomic E-state index is 12.4. The third kappa shape index (κ3) is 2.51. The van der Waals surface area contributed by atoms with Crippen LogP contribution in [0.25, 0.3) is 5.65 Å². The van der Waals surface area contributed by atoms with Crippen LogP contribution < -0.4 is 0 Å². The summed E-state index contributed by atoms with van der Waals surface area (Å²) < 4.78 is 1.50. The summed E-state index contributed by atoms with van der Waals surface area (Å²) in [6.45, 7) is 0. The maximum Gasteiger partial charge on any atom is 0.357 e. The van der Waals surface area contributed by atoms with Crippen LogP contribution in [0.1, 0.15) is 39.3 Å². The Labute approximate surface area is 148 Å². The van der Waals surface area contributed by atoms with Gasteiger partial charge in [0.25, 0.3) is 0 Å². The van der Waals surface area contributed by atoms with Gasteiger partial charge in [-0.1, -0.05) is 18.2 Å². The first-order valence-electron chi connectivity index (χ1n) is 8.11. The number of aromatic nitrogens is 3. The molecule has 3 aromatic rings. The fourth-order valence-corrected chi connectivity index (χ4v) is 3.13. The lowest BCUT2D eigenvalue weighted by molar-refractivity contribution is -0.132. The number of carbonyl (C=O) groups excluding carboxylic acids is 1. The summed E-state index contributed by atoms with van der Waals surface area (Å²) in [4.78, 5) is 33.7. The number of hydroxylamine groups is 2. The van der Waals surface area contributed by atoms with Gasteiger partial charge in [-0.2, -0.15) is 5.10 Å². The molecular weight excluding hydrogens is 336 g/mol. The fourth-order valence-electron chi connectivity index (χ4n) is 3.13. The molecule has 1 aromatic carbocycles. The Morgan fingerprint density at radius 1 is 1.23 bits per heavy atom. The van der Waals surface area contributed by atoms with Crippen molar-refractivity contribution in [2.75, 3.05) is 7.05 Å². The highest BCUT2D eigenvalue weighted by Gasteiger charge is 2.54. The number of hydrogen-bond acceptors (Lipinski definition) is 6. The monoisotopic (exact) mass is 352 g/mol. The van der Waals surface area contributed by atoms with Gasteiger partial charge in [0.15, 0.2) is 5.65 Å². The molecule has 8 nitrogen and oxygen atoms in total. The normalized spacial score (nSPS) is 15.2. The molecule has 0 unspecified atom stereocenters. The summed E-state index contributed by atoms with van der Waals surface area (Å²) in [6, 6.07) is 10.3. The van der Waals surface area contributed by atoms with Gasteiger partial charge < -0.3 is 9.94 Å². The molecule has 1 aliphatic carbocycles. The third-order valence-electron chi connectivity index (χ3n) is 4.64. The number of carboxylic acid groups (broad SMARTS) is 1. The van der Waals surface area contributed by atoms with Crippen molar-refractivity contribution in [1.82, 2.24) is 19.7 Å². The van der Waals surface area contributed by atoms with E-state index < -0.39 is 17.5 Å². The van der Waals surface area contributed by atoms with E-state index in [1.165, 1.54) is 15.8 Å². The Hall–Kier alpha value is -3.26. The molecule has 0 atom stereocenters. The van der Waals surface area contributed by atoms with E-state index in [9.17, 15) is 14.7 Å². The number of fused-ring (bicyclic) bond motifs is 1. The molecule has 0 spiro atoms. The highest BCUT2D eigenvalue weighted by Crippen LogP contribution is 2.51. The number of carboxylic acids is 1. The van der Waals surface area contributed by atoms with Crippen molar-refractivity contribution in [2.24, 2.45) is 0 Å². The molecule has 8 heteroatoms. The molecule has 0 bridgehead atoms. The standard InChI is InChI=1S/C18H16N4O4/c1-21(26-17(25)12-5-3-2-4-6-12)18(8-9-18)15-13(16(23)24)11-19-14-7-10-20-22(14)15/h2-7,10-11H,8-9H2,1H3,(H,23,24). The van der Waals surface area contributed by atoms with E-state index in [1.807, 2.05) is 6.07 Å². The SMILES string of the molecule is CN(OC(=O)c1ccccc1)C1(c2c(C(=O)O)cnc3ccnn23)CC1. The fraction of sp³-hybridized carbons (Fsp3) is 0.222. The smallest absolute Gasteiger partial charge is 0.357 e. The average Bonchev–Trinajstić information content (AvgIpc) is 3.31.